The Balaban J connectivity index is 1.62. The number of rotatable bonds is 4. The van der Waals surface area contributed by atoms with Crippen molar-refractivity contribution in [3.05, 3.63) is 36.0 Å². The van der Waals surface area contributed by atoms with E-state index in [0.717, 1.165) is 29.3 Å². The van der Waals surface area contributed by atoms with E-state index < -0.39 is 0 Å². The average molecular weight is 286 g/mol. The number of carbonyl (C=O) groups excluding carboxylic acids is 1. The fourth-order valence-electron chi connectivity index (χ4n) is 3.03. The maximum Gasteiger partial charge on any atom is 0.255 e. The molecule has 1 aliphatic carbocycles. The van der Waals surface area contributed by atoms with E-state index in [4.69, 9.17) is 5.84 Å². The standard InChI is InChI=1S/C16H22N4O/c17-20(19-13-6-2-1-3-7-13)16(21)10-12-11-18-15-9-5-4-8-14(12)15/h4-5,8-9,11,13,18-19H,1-3,6-7,10,17H2. The lowest BCUT2D eigenvalue weighted by Crippen LogP contribution is -2.53. The number of fused-ring (bicyclic) bond motifs is 1. The molecule has 1 aromatic heterocycles. The molecule has 1 aliphatic rings. The molecule has 1 fully saturated rings. The molecule has 1 saturated carbocycles. The number of nitrogens with zero attached hydrogens (tertiary/aromatic N) is 1. The van der Waals surface area contributed by atoms with Crippen LogP contribution in [-0.2, 0) is 11.2 Å². The van der Waals surface area contributed by atoms with Crippen LogP contribution in [0.2, 0.25) is 0 Å². The zero-order valence-corrected chi connectivity index (χ0v) is 12.1. The number of benzene rings is 1. The number of nitrogens with one attached hydrogen (secondary N) is 2. The van der Waals surface area contributed by atoms with Crippen LogP contribution in [0.4, 0.5) is 0 Å². The van der Waals surface area contributed by atoms with Crippen molar-refractivity contribution in [3.63, 3.8) is 0 Å². The summed E-state index contributed by atoms with van der Waals surface area (Å²) in [6, 6.07) is 8.30. The van der Waals surface area contributed by atoms with Crippen molar-refractivity contribution in [2.75, 3.05) is 0 Å². The molecule has 0 aliphatic heterocycles. The van der Waals surface area contributed by atoms with E-state index in [9.17, 15) is 4.79 Å². The van der Waals surface area contributed by atoms with Crippen LogP contribution in [0.1, 0.15) is 37.7 Å². The van der Waals surface area contributed by atoms with Gasteiger partial charge in [-0.25, -0.2) is 16.4 Å². The highest BCUT2D eigenvalue weighted by molar-refractivity contribution is 5.88. The van der Waals surface area contributed by atoms with Crippen molar-refractivity contribution >= 4 is 16.8 Å². The Morgan fingerprint density at radius 3 is 2.86 bits per heavy atom. The molecule has 2 aromatic rings. The van der Waals surface area contributed by atoms with Crippen LogP contribution in [-0.4, -0.2) is 22.1 Å². The number of nitrogens with two attached hydrogens (primary N) is 1. The predicted molar refractivity (Wildman–Crippen MR) is 83.0 cm³/mol. The Labute approximate surface area is 124 Å². The number of aromatic nitrogens is 1. The molecule has 0 unspecified atom stereocenters. The fraction of sp³-hybridized carbons (Fsp3) is 0.438. The normalized spacial score (nSPS) is 16.2. The van der Waals surface area contributed by atoms with Crippen LogP contribution < -0.4 is 11.3 Å². The molecule has 112 valence electrons. The smallest absolute Gasteiger partial charge is 0.255 e. The Morgan fingerprint density at radius 2 is 2.05 bits per heavy atom. The van der Waals surface area contributed by atoms with E-state index in [0.29, 0.717) is 12.5 Å². The van der Waals surface area contributed by atoms with Crippen molar-refractivity contribution in [3.8, 4) is 0 Å². The van der Waals surface area contributed by atoms with Crippen molar-refractivity contribution in [2.24, 2.45) is 5.84 Å². The van der Waals surface area contributed by atoms with Crippen LogP contribution in [0.25, 0.3) is 10.9 Å². The maximum atomic E-state index is 12.3. The minimum absolute atomic E-state index is 0.106. The lowest BCUT2D eigenvalue weighted by atomic mass is 9.96. The van der Waals surface area contributed by atoms with Crippen LogP contribution in [0.5, 0.6) is 0 Å². The molecule has 0 atom stereocenters. The third-order valence-electron chi connectivity index (χ3n) is 4.21. The third-order valence-corrected chi connectivity index (χ3v) is 4.21. The number of H-pyrrole nitrogens is 1. The second-order valence-corrected chi connectivity index (χ2v) is 5.76. The highest BCUT2D eigenvalue weighted by atomic mass is 16.2. The maximum absolute atomic E-state index is 12.3. The van der Waals surface area contributed by atoms with Gasteiger partial charge in [0.05, 0.1) is 6.42 Å². The molecular formula is C16H22N4O. The first kappa shape index (κ1) is 14.1. The number of hydrazine groups is 2. The summed E-state index contributed by atoms with van der Waals surface area (Å²) in [7, 11) is 0. The molecular weight excluding hydrogens is 264 g/mol. The van der Waals surface area contributed by atoms with Gasteiger partial charge in [-0.3, -0.25) is 4.79 Å². The summed E-state index contributed by atoms with van der Waals surface area (Å²) in [6.45, 7) is 0. The molecule has 5 heteroatoms. The lowest BCUT2D eigenvalue weighted by Gasteiger charge is -2.27. The molecule has 1 amide bonds. The minimum Gasteiger partial charge on any atom is -0.361 e. The van der Waals surface area contributed by atoms with Gasteiger partial charge >= 0.3 is 0 Å². The molecule has 4 N–H and O–H groups in total. The summed E-state index contributed by atoms with van der Waals surface area (Å²) < 4.78 is 0. The molecule has 21 heavy (non-hydrogen) atoms. The lowest BCUT2D eigenvalue weighted by molar-refractivity contribution is -0.135. The summed E-state index contributed by atoms with van der Waals surface area (Å²) in [5.74, 6) is 5.77. The van der Waals surface area contributed by atoms with Crippen LogP contribution in [0.15, 0.2) is 30.5 Å². The van der Waals surface area contributed by atoms with Crippen molar-refractivity contribution in [1.82, 2.24) is 15.5 Å². The van der Waals surface area contributed by atoms with E-state index in [1.54, 1.807) is 0 Å². The Bertz CT molecular complexity index is 616. The van der Waals surface area contributed by atoms with Crippen LogP contribution in [0, 0.1) is 0 Å². The average Bonchev–Trinajstić information content (AvgIpc) is 2.91. The number of para-hydroxylation sites is 1. The number of aromatic amines is 1. The van der Waals surface area contributed by atoms with Crippen LogP contribution in [0.3, 0.4) is 0 Å². The third kappa shape index (κ3) is 3.25. The fourth-order valence-corrected chi connectivity index (χ4v) is 3.03. The Morgan fingerprint density at radius 1 is 1.29 bits per heavy atom. The summed E-state index contributed by atoms with van der Waals surface area (Å²) in [4.78, 5) is 15.4. The van der Waals surface area contributed by atoms with Gasteiger partial charge < -0.3 is 4.98 Å². The highest BCUT2D eigenvalue weighted by Gasteiger charge is 2.19. The van der Waals surface area contributed by atoms with E-state index in [1.165, 1.54) is 24.4 Å². The van der Waals surface area contributed by atoms with E-state index >= 15 is 0 Å². The SMILES string of the molecule is NN(NC1CCCCC1)C(=O)Cc1c[nH]c2ccccc12. The van der Waals surface area contributed by atoms with Crippen LogP contribution >= 0.6 is 0 Å². The zero-order chi connectivity index (χ0) is 14.7. The van der Waals surface area contributed by atoms with Gasteiger partial charge in [-0.2, -0.15) is 0 Å². The Hall–Kier alpha value is -1.85. The number of hydrogen-bond acceptors (Lipinski definition) is 3. The number of hydrogen-bond donors (Lipinski definition) is 3. The summed E-state index contributed by atoms with van der Waals surface area (Å²) in [5, 5.41) is 2.26. The molecule has 0 radical (unpaired) electrons. The first-order chi connectivity index (χ1) is 10.2. The molecule has 1 heterocycles. The summed E-state index contributed by atoms with van der Waals surface area (Å²) in [6.07, 6.45) is 8.08. The summed E-state index contributed by atoms with van der Waals surface area (Å²) in [5.41, 5.74) is 5.16. The van der Waals surface area contributed by atoms with E-state index in [1.807, 2.05) is 30.5 Å². The molecule has 0 spiro atoms. The number of carbonyl (C=O) groups is 1. The van der Waals surface area contributed by atoms with Gasteiger partial charge in [0, 0.05) is 23.1 Å². The largest absolute Gasteiger partial charge is 0.361 e. The van der Waals surface area contributed by atoms with E-state index in [-0.39, 0.29) is 5.91 Å². The van der Waals surface area contributed by atoms with Gasteiger partial charge in [-0.05, 0) is 24.5 Å². The number of amides is 1. The van der Waals surface area contributed by atoms with Gasteiger partial charge in [-0.15, -0.1) is 0 Å². The first-order valence-corrected chi connectivity index (χ1v) is 7.63. The first-order valence-electron chi connectivity index (χ1n) is 7.63. The van der Waals surface area contributed by atoms with Gasteiger partial charge in [0.25, 0.3) is 5.91 Å². The molecule has 1 aromatic carbocycles. The van der Waals surface area contributed by atoms with Crippen molar-refractivity contribution in [2.45, 2.75) is 44.6 Å². The molecule has 0 bridgehead atoms. The van der Waals surface area contributed by atoms with Gasteiger partial charge in [0.2, 0.25) is 0 Å². The van der Waals surface area contributed by atoms with Crippen molar-refractivity contribution in [1.29, 1.82) is 0 Å². The predicted octanol–water partition coefficient (Wildman–Crippen LogP) is 2.25. The monoisotopic (exact) mass is 286 g/mol. The van der Waals surface area contributed by atoms with Gasteiger partial charge in [-0.1, -0.05) is 37.5 Å². The highest BCUT2D eigenvalue weighted by Crippen LogP contribution is 2.19. The molecule has 5 nitrogen and oxygen atoms in total. The molecule has 0 saturated heterocycles. The second-order valence-electron chi connectivity index (χ2n) is 5.76. The molecule has 3 rings (SSSR count). The van der Waals surface area contributed by atoms with Crippen molar-refractivity contribution < 1.29 is 4.79 Å². The summed E-state index contributed by atoms with van der Waals surface area (Å²) >= 11 is 0. The van der Waals surface area contributed by atoms with E-state index in [2.05, 4.69) is 10.4 Å². The minimum atomic E-state index is -0.106. The topological polar surface area (TPSA) is 74.2 Å². The Kier molecular flexibility index (Phi) is 4.22. The second kappa shape index (κ2) is 6.28. The zero-order valence-electron chi connectivity index (χ0n) is 12.1. The van der Waals surface area contributed by atoms with Gasteiger partial charge in [0.15, 0.2) is 0 Å². The quantitative estimate of drug-likeness (QED) is 0.458. The van der Waals surface area contributed by atoms with Gasteiger partial charge in [0.1, 0.15) is 0 Å².